The molecule has 1 amide bonds. The average molecular weight is 380 g/mol. The molecule has 2 aliphatic rings. The van der Waals surface area contributed by atoms with E-state index in [1.807, 2.05) is 24.0 Å². The second-order valence-electron chi connectivity index (χ2n) is 7.33. The van der Waals surface area contributed by atoms with E-state index in [4.69, 9.17) is 0 Å². The van der Waals surface area contributed by atoms with Gasteiger partial charge in [-0.3, -0.25) is 4.79 Å². The predicted octanol–water partition coefficient (Wildman–Crippen LogP) is 1.33. The minimum Gasteiger partial charge on any atom is -0.340 e. The number of aryl methyl sites for hydroxylation is 1. The number of hydrogen-bond acceptors (Lipinski definition) is 4. The first-order valence-corrected chi connectivity index (χ1v) is 11.0. The molecule has 0 bridgehead atoms. The lowest BCUT2D eigenvalue weighted by Crippen LogP contribution is -2.55. The molecule has 0 saturated carbocycles. The number of hydrogen-bond donors (Lipinski definition) is 1. The molecular weight excluding hydrogens is 350 g/mol. The quantitative estimate of drug-likeness (QED) is 0.810. The van der Waals surface area contributed by atoms with Crippen LogP contribution in [-0.4, -0.2) is 62.8 Å². The van der Waals surface area contributed by atoms with E-state index >= 15 is 0 Å². The largest absolute Gasteiger partial charge is 0.340 e. The highest BCUT2D eigenvalue weighted by Crippen LogP contribution is 2.22. The van der Waals surface area contributed by atoms with Gasteiger partial charge in [0.1, 0.15) is 0 Å². The number of benzene rings is 1. The Balaban J connectivity index is 1.60. The van der Waals surface area contributed by atoms with Gasteiger partial charge in [-0.2, -0.15) is 4.31 Å². The normalized spacial score (nSPS) is 20.6. The first-order valence-electron chi connectivity index (χ1n) is 9.52. The van der Waals surface area contributed by atoms with Gasteiger partial charge in [-0.25, -0.2) is 8.42 Å². The Kier molecular flexibility index (Phi) is 5.99. The number of rotatable bonds is 6. The molecule has 7 heteroatoms. The minimum atomic E-state index is -3.49. The SMILES string of the molecule is CCCc1ccc(S(=O)(=O)N2CCN(C(=O)C(C)C3CNC3)CC2)cc1. The molecule has 144 valence electrons. The van der Waals surface area contributed by atoms with Crippen LogP contribution in [-0.2, 0) is 21.2 Å². The monoisotopic (exact) mass is 379 g/mol. The number of piperazine rings is 1. The number of amides is 1. The average Bonchev–Trinajstić information content (AvgIpc) is 2.60. The molecule has 0 spiro atoms. The van der Waals surface area contributed by atoms with Crippen molar-refractivity contribution >= 4 is 15.9 Å². The maximum atomic E-state index is 12.8. The van der Waals surface area contributed by atoms with Gasteiger partial charge in [0, 0.05) is 32.1 Å². The number of nitrogens with one attached hydrogen (secondary N) is 1. The summed E-state index contributed by atoms with van der Waals surface area (Å²) in [7, 11) is -3.49. The van der Waals surface area contributed by atoms with Gasteiger partial charge in [-0.05, 0) is 43.1 Å². The lowest BCUT2D eigenvalue weighted by Gasteiger charge is -2.38. The molecular formula is C19H29N3O3S. The molecule has 3 rings (SSSR count). The summed E-state index contributed by atoms with van der Waals surface area (Å²) in [6, 6.07) is 7.18. The summed E-state index contributed by atoms with van der Waals surface area (Å²) in [6.45, 7) is 7.54. The van der Waals surface area contributed by atoms with Gasteiger partial charge >= 0.3 is 0 Å². The summed E-state index contributed by atoms with van der Waals surface area (Å²) < 4.78 is 27.2. The Bertz CT molecular complexity index is 721. The van der Waals surface area contributed by atoms with E-state index in [9.17, 15) is 13.2 Å². The zero-order valence-corrected chi connectivity index (χ0v) is 16.5. The third kappa shape index (κ3) is 3.94. The molecule has 1 aromatic rings. The van der Waals surface area contributed by atoms with Crippen LogP contribution in [0.4, 0.5) is 0 Å². The Morgan fingerprint density at radius 3 is 2.27 bits per heavy atom. The van der Waals surface area contributed by atoms with Crippen molar-refractivity contribution in [3.8, 4) is 0 Å². The minimum absolute atomic E-state index is 0.00511. The first kappa shape index (κ1) is 19.3. The van der Waals surface area contributed by atoms with Crippen LogP contribution in [0.5, 0.6) is 0 Å². The molecule has 1 unspecified atom stereocenters. The Labute approximate surface area is 156 Å². The van der Waals surface area contributed by atoms with Gasteiger partial charge in [0.2, 0.25) is 15.9 Å². The zero-order valence-electron chi connectivity index (χ0n) is 15.6. The number of nitrogens with zero attached hydrogens (tertiary/aromatic N) is 2. The molecule has 0 radical (unpaired) electrons. The number of carbonyl (C=O) groups is 1. The number of carbonyl (C=O) groups excluding carboxylic acids is 1. The van der Waals surface area contributed by atoms with Gasteiger partial charge in [0.15, 0.2) is 0 Å². The van der Waals surface area contributed by atoms with E-state index in [1.54, 1.807) is 12.1 Å². The molecule has 2 fully saturated rings. The van der Waals surface area contributed by atoms with Gasteiger partial charge in [0.25, 0.3) is 0 Å². The highest BCUT2D eigenvalue weighted by atomic mass is 32.2. The van der Waals surface area contributed by atoms with Gasteiger partial charge in [-0.1, -0.05) is 32.4 Å². The predicted molar refractivity (Wildman–Crippen MR) is 101 cm³/mol. The summed E-state index contributed by atoms with van der Waals surface area (Å²) >= 11 is 0. The maximum Gasteiger partial charge on any atom is 0.243 e. The fraction of sp³-hybridized carbons (Fsp3) is 0.632. The Hall–Kier alpha value is -1.44. The number of sulfonamides is 1. The summed E-state index contributed by atoms with van der Waals surface area (Å²) in [5.74, 6) is 0.564. The maximum absolute atomic E-state index is 12.8. The van der Waals surface area contributed by atoms with Crippen molar-refractivity contribution in [3.63, 3.8) is 0 Å². The third-order valence-corrected chi connectivity index (χ3v) is 7.47. The van der Waals surface area contributed by atoms with E-state index < -0.39 is 10.0 Å². The molecule has 6 nitrogen and oxygen atoms in total. The summed E-state index contributed by atoms with van der Waals surface area (Å²) in [5, 5.41) is 3.20. The molecule has 1 atom stereocenters. The third-order valence-electron chi connectivity index (χ3n) is 5.56. The summed E-state index contributed by atoms with van der Waals surface area (Å²) in [6.07, 6.45) is 1.99. The van der Waals surface area contributed by atoms with Gasteiger partial charge in [0.05, 0.1) is 4.90 Å². The lowest BCUT2D eigenvalue weighted by molar-refractivity contribution is -0.138. The van der Waals surface area contributed by atoms with E-state index in [2.05, 4.69) is 12.2 Å². The highest BCUT2D eigenvalue weighted by molar-refractivity contribution is 7.89. The van der Waals surface area contributed by atoms with Gasteiger partial charge < -0.3 is 10.2 Å². The van der Waals surface area contributed by atoms with E-state index in [1.165, 1.54) is 4.31 Å². The smallest absolute Gasteiger partial charge is 0.243 e. The van der Waals surface area contributed by atoms with Crippen LogP contribution in [0.15, 0.2) is 29.2 Å². The molecule has 1 N–H and O–H groups in total. The molecule has 0 aliphatic carbocycles. The van der Waals surface area contributed by atoms with Crippen LogP contribution in [0.3, 0.4) is 0 Å². The van der Waals surface area contributed by atoms with E-state index in [0.717, 1.165) is 31.5 Å². The second kappa shape index (κ2) is 8.06. The van der Waals surface area contributed by atoms with Crippen LogP contribution in [0.1, 0.15) is 25.8 Å². The molecule has 2 saturated heterocycles. The first-order chi connectivity index (χ1) is 12.4. The van der Waals surface area contributed by atoms with Crippen LogP contribution < -0.4 is 5.32 Å². The van der Waals surface area contributed by atoms with Gasteiger partial charge in [-0.15, -0.1) is 0 Å². The van der Waals surface area contributed by atoms with E-state index in [0.29, 0.717) is 37.0 Å². The molecule has 2 heterocycles. The van der Waals surface area contributed by atoms with Crippen molar-refractivity contribution in [1.29, 1.82) is 0 Å². The lowest BCUT2D eigenvalue weighted by atomic mass is 9.88. The fourth-order valence-corrected chi connectivity index (χ4v) is 4.99. The van der Waals surface area contributed by atoms with Crippen molar-refractivity contribution in [2.45, 2.75) is 31.6 Å². The summed E-state index contributed by atoms with van der Waals surface area (Å²) in [5.41, 5.74) is 1.15. The molecule has 1 aromatic carbocycles. The van der Waals surface area contributed by atoms with Crippen molar-refractivity contribution < 1.29 is 13.2 Å². The van der Waals surface area contributed by atoms with Crippen LogP contribution in [0, 0.1) is 11.8 Å². The topological polar surface area (TPSA) is 69.7 Å². The van der Waals surface area contributed by atoms with Crippen molar-refractivity contribution in [2.75, 3.05) is 39.3 Å². The molecule has 0 aromatic heterocycles. The highest BCUT2D eigenvalue weighted by Gasteiger charge is 2.35. The molecule has 26 heavy (non-hydrogen) atoms. The van der Waals surface area contributed by atoms with E-state index in [-0.39, 0.29) is 11.8 Å². The standard InChI is InChI=1S/C19H29N3O3S/c1-3-4-16-5-7-18(8-6-16)26(24,25)22-11-9-21(10-12-22)19(23)15(2)17-13-20-14-17/h5-8,15,17,20H,3-4,9-14H2,1-2H3. The van der Waals surface area contributed by atoms with Crippen LogP contribution >= 0.6 is 0 Å². The fourth-order valence-electron chi connectivity index (χ4n) is 3.57. The van der Waals surface area contributed by atoms with Crippen LogP contribution in [0.2, 0.25) is 0 Å². The van der Waals surface area contributed by atoms with Crippen molar-refractivity contribution in [2.24, 2.45) is 11.8 Å². The Morgan fingerprint density at radius 1 is 1.15 bits per heavy atom. The van der Waals surface area contributed by atoms with Crippen LogP contribution in [0.25, 0.3) is 0 Å². The summed E-state index contributed by atoms with van der Waals surface area (Å²) in [4.78, 5) is 14.7. The van der Waals surface area contributed by atoms with Crippen molar-refractivity contribution in [3.05, 3.63) is 29.8 Å². The van der Waals surface area contributed by atoms with Crippen molar-refractivity contribution in [1.82, 2.24) is 14.5 Å². The second-order valence-corrected chi connectivity index (χ2v) is 9.27. The molecule has 2 aliphatic heterocycles. The Morgan fingerprint density at radius 2 is 1.77 bits per heavy atom. The zero-order chi connectivity index (χ0) is 18.7.